The fourth-order valence-corrected chi connectivity index (χ4v) is 2.82. The number of carbonyl (C=O) groups excluding carboxylic acids is 2. The van der Waals surface area contributed by atoms with Crippen molar-refractivity contribution in [2.75, 3.05) is 11.4 Å². The van der Waals surface area contributed by atoms with E-state index in [0.29, 0.717) is 16.3 Å². The summed E-state index contributed by atoms with van der Waals surface area (Å²) in [6.07, 6.45) is -0.492. The molecule has 2 aromatic rings. The largest absolute Gasteiger partial charge is 0.368 e. The van der Waals surface area contributed by atoms with E-state index in [9.17, 15) is 9.59 Å². The van der Waals surface area contributed by atoms with E-state index in [4.69, 9.17) is 17.3 Å². The Labute approximate surface area is 132 Å². The van der Waals surface area contributed by atoms with E-state index in [1.54, 1.807) is 41.3 Å². The maximum absolute atomic E-state index is 12.3. The zero-order chi connectivity index (χ0) is 15.7. The number of fused-ring (bicyclic) bond motifs is 1. The molecule has 0 saturated carbocycles. The Morgan fingerprint density at radius 1 is 1.23 bits per heavy atom. The fourth-order valence-electron chi connectivity index (χ4n) is 2.62. The molecule has 1 atom stereocenters. The topological polar surface area (TPSA) is 75.4 Å². The van der Waals surface area contributed by atoms with Gasteiger partial charge in [-0.05, 0) is 29.8 Å². The van der Waals surface area contributed by atoms with Crippen molar-refractivity contribution < 1.29 is 9.59 Å². The highest BCUT2D eigenvalue weighted by atomic mass is 35.5. The summed E-state index contributed by atoms with van der Waals surface area (Å²) in [6, 6.07) is 14.3. The summed E-state index contributed by atoms with van der Waals surface area (Å²) < 4.78 is 0. The van der Waals surface area contributed by atoms with Crippen LogP contribution in [0.5, 0.6) is 0 Å². The van der Waals surface area contributed by atoms with Crippen LogP contribution in [0.4, 0.5) is 5.69 Å². The zero-order valence-electron chi connectivity index (χ0n) is 11.6. The van der Waals surface area contributed by atoms with Crippen molar-refractivity contribution in [2.45, 2.75) is 6.17 Å². The number of nitrogens with zero attached hydrogens (tertiary/aromatic N) is 1. The number of nitrogens with two attached hydrogens (primary N) is 1. The molecule has 0 saturated heterocycles. The number of benzene rings is 2. The Bertz CT molecular complexity index is 748. The van der Waals surface area contributed by atoms with Gasteiger partial charge >= 0.3 is 0 Å². The maximum Gasteiger partial charge on any atom is 0.255 e. The fraction of sp³-hybridized carbons (Fsp3) is 0.125. The Morgan fingerprint density at radius 2 is 2.00 bits per heavy atom. The molecule has 1 heterocycles. The van der Waals surface area contributed by atoms with Crippen LogP contribution in [0.1, 0.15) is 22.1 Å². The van der Waals surface area contributed by atoms with E-state index in [0.717, 1.165) is 5.56 Å². The third kappa shape index (κ3) is 2.63. The Morgan fingerprint density at radius 3 is 2.73 bits per heavy atom. The van der Waals surface area contributed by atoms with E-state index in [2.05, 4.69) is 5.32 Å². The molecule has 2 amide bonds. The molecule has 22 heavy (non-hydrogen) atoms. The molecule has 0 radical (unpaired) electrons. The van der Waals surface area contributed by atoms with Crippen LogP contribution in [0, 0.1) is 0 Å². The summed E-state index contributed by atoms with van der Waals surface area (Å²) in [5, 5.41) is 3.45. The molecule has 6 heteroatoms. The highest BCUT2D eigenvalue weighted by molar-refractivity contribution is 6.30. The lowest BCUT2D eigenvalue weighted by molar-refractivity contribution is -0.116. The monoisotopic (exact) mass is 315 g/mol. The van der Waals surface area contributed by atoms with Gasteiger partial charge in [0.2, 0.25) is 5.91 Å². The van der Waals surface area contributed by atoms with Crippen LogP contribution < -0.4 is 16.0 Å². The van der Waals surface area contributed by atoms with Crippen molar-refractivity contribution in [3.05, 3.63) is 64.7 Å². The van der Waals surface area contributed by atoms with Crippen molar-refractivity contribution >= 4 is 29.1 Å². The molecule has 0 unspecified atom stereocenters. The molecule has 3 N–H and O–H groups in total. The second-order valence-electron chi connectivity index (χ2n) is 5.04. The third-order valence-electron chi connectivity index (χ3n) is 3.53. The van der Waals surface area contributed by atoms with E-state index in [1.807, 2.05) is 12.1 Å². The number of hydrogen-bond acceptors (Lipinski definition) is 3. The van der Waals surface area contributed by atoms with E-state index in [1.165, 1.54) is 0 Å². The number of carbonyl (C=O) groups is 2. The second-order valence-corrected chi connectivity index (χ2v) is 5.48. The van der Waals surface area contributed by atoms with Crippen molar-refractivity contribution in [1.29, 1.82) is 0 Å². The zero-order valence-corrected chi connectivity index (χ0v) is 12.4. The molecule has 1 aliphatic rings. The van der Waals surface area contributed by atoms with Crippen LogP contribution in [0.2, 0.25) is 5.02 Å². The number of halogens is 1. The van der Waals surface area contributed by atoms with Gasteiger partial charge in [-0.15, -0.1) is 0 Å². The third-order valence-corrected chi connectivity index (χ3v) is 3.76. The van der Waals surface area contributed by atoms with E-state index >= 15 is 0 Å². The maximum atomic E-state index is 12.3. The molecular formula is C16H14ClN3O2. The lowest BCUT2D eigenvalue weighted by Crippen LogP contribution is -2.49. The van der Waals surface area contributed by atoms with E-state index < -0.39 is 12.1 Å². The first kappa shape index (κ1) is 14.4. The van der Waals surface area contributed by atoms with Gasteiger partial charge in [0.05, 0.1) is 17.8 Å². The summed E-state index contributed by atoms with van der Waals surface area (Å²) in [5.41, 5.74) is 7.35. The Hall–Kier alpha value is -2.53. The predicted octanol–water partition coefficient (Wildman–Crippen LogP) is 2.07. The minimum atomic E-state index is -0.492. The normalized spacial score (nSPS) is 16.9. The van der Waals surface area contributed by atoms with E-state index in [-0.39, 0.29) is 12.5 Å². The Balaban J connectivity index is 2.09. The lowest BCUT2D eigenvalue weighted by atomic mass is 10.0. The number of amides is 2. The molecule has 1 aliphatic heterocycles. The summed E-state index contributed by atoms with van der Waals surface area (Å²) in [7, 11) is 0. The van der Waals surface area contributed by atoms with Gasteiger partial charge < -0.3 is 16.0 Å². The molecule has 0 spiro atoms. The Kier molecular flexibility index (Phi) is 3.73. The molecule has 5 nitrogen and oxygen atoms in total. The standard InChI is InChI=1S/C16H14ClN3O2/c17-11-5-3-4-10(8-11)15-19-16(22)12-6-1-2-7-13(12)20(15)9-14(18)21/h1-8,15H,9H2,(H2,18,21)(H,19,22)/t15-/m1/s1. The highest BCUT2D eigenvalue weighted by Crippen LogP contribution is 2.33. The SMILES string of the molecule is NC(=O)CN1c2ccccc2C(=O)N[C@H]1c1cccc(Cl)c1. The van der Waals surface area contributed by atoms with Gasteiger partial charge in [-0.2, -0.15) is 0 Å². The van der Waals surface area contributed by atoms with Gasteiger partial charge in [0.25, 0.3) is 5.91 Å². The highest BCUT2D eigenvalue weighted by Gasteiger charge is 2.32. The lowest BCUT2D eigenvalue weighted by Gasteiger charge is -2.38. The molecule has 0 fully saturated rings. The number of primary amides is 1. The van der Waals surface area contributed by atoms with Gasteiger partial charge in [0.15, 0.2) is 0 Å². The number of anilines is 1. The quantitative estimate of drug-likeness (QED) is 0.910. The summed E-state index contributed by atoms with van der Waals surface area (Å²) in [6.45, 7) is -0.00548. The first-order valence-electron chi connectivity index (χ1n) is 6.76. The average Bonchev–Trinajstić information content (AvgIpc) is 2.49. The molecule has 0 aromatic heterocycles. The first-order valence-corrected chi connectivity index (χ1v) is 7.14. The predicted molar refractivity (Wildman–Crippen MR) is 84.6 cm³/mol. The summed E-state index contributed by atoms with van der Waals surface area (Å²) in [5.74, 6) is -0.667. The summed E-state index contributed by atoms with van der Waals surface area (Å²) >= 11 is 6.03. The molecule has 112 valence electrons. The molecule has 3 rings (SSSR count). The van der Waals surface area contributed by atoms with Gasteiger partial charge in [-0.25, -0.2) is 0 Å². The van der Waals surface area contributed by atoms with Gasteiger partial charge in [-0.3, -0.25) is 9.59 Å². The number of hydrogen-bond donors (Lipinski definition) is 2. The van der Waals surface area contributed by atoms with Crippen molar-refractivity contribution in [1.82, 2.24) is 5.32 Å². The molecule has 0 aliphatic carbocycles. The van der Waals surface area contributed by atoms with Crippen molar-refractivity contribution in [2.24, 2.45) is 5.73 Å². The van der Waals surface area contributed by atoms with Crippen LogP contribution in [-0.4, -0.2) is 18.4 Å². The van der Waals surface area contributed by atoms with Crippen LogP contribution in [0.3, 0.4) is 0 Å². The number of rotatable bonds is 3. The minimum Gasteiger partial charge on any atom is -0.368 e. The van der Waals surface area contributed by atoms with Crippen LogP contribution in [-0.2, 0) is 4.79 Å². The van der Waals surface area contributed by atoms with Gasteiger partial charge in [0, 0.05) is 5.02 Å². The minimum absolute atomic E-state index is 0.00548. The number of para-hydroxylation sites is 1. The summed E-state index contributed by atoms with van der Waals surface area (Å²) in [4.78, 5) is 25.5. The average molecular weight is 316 g/mol. The van der Waals surface area contributed by atoms with Crippen LogP contribution in [0.15, 0.2) is 48.5 Å². The molecule has 0 bridgehead atoms. The molecular weight excluding hydrogens is 302 g/mol. The first-order chi connectivity index (χ1) is 10.6. The second kappa shape index (κ2) is 5.69. The van der Waals surface area contributed by atoms with Gasteiger partial charge in [0.1, 0.15) is 6.17 Å². The van der Waals surface area contributed by atoms with Crippen molar-refractivity contribution in [3.63, 3.8) is 0 Å². The molecule has 2 aromatic carbocycles. The van der Waals surface area contributed by atoms with Crippen LogP contribution in [0.25, 0.3) is 0 Å². The van der Waals surface area contributed by atoms with Crippen molar-refractivity contribution in [3.8, 4) is 0 Å². The smallest absolute Gasteiger partial charge is 0.255 e. The number of nitrogens with one attached hydrogen (secondary N) is 1. The van der Waals surface area contributed by atoms with Gasteiger partial charge in [-0.1, -0.05) is 35.9 Å². The van der Waals surface area contributed by atoms with Crippen LogP contribution >= 0.6 is 11.6 Å².